The summed E-state index contributed by atoms with van der Waals surface area (Å²) in [5.41, 5.74) is 3.68. The fraction of sp³-hybridized carbons (Fsp3) is 0.269. The van der Waals surface area contributed by atoms with Crippen molar-refractivity contribution in [1.29, 1.82) is 5.26 Å². The van der Waals surface area contributed by atoms with E-state index in [-0.39, 0.29) is 5.82 Å². The number of alkyl halides is 2. The van der Waals surface area contributed by atoms with Gasteiger partial charge in [0, 0.05) is 23.6 Å². The fourth-order valence-electron chi connectivity index (χ4n) is 4.15. The van der Waals surface area contributed by atoms with Gasteiger partial charge in [0.25, 0.3) is 5.92 Å². The summed E-state index contributed by atoms with van der Waals surface area (Å²) >= 11 is 0. The van der Waals surface area contributed by atoms with Crippen LogP contribution in [0.1, 0.15) is 36.3 Å². The quantitative estimate of drug-likeness (QED) is 0.406. The van der Waals surface area contributed by atoms with Gasteiger partial charge in [-0.1, -0.05) is 24.3 Å². The van der Waals surface area contributed by atoms with Crippen molar-refractivity contribution >= 4 is 28.5 Å². The molecule has 1 unspecified atom stereocenters. The van der Waals surface area contributed by atoms with Gasteiger partial charge in [0.15, 0.2) is 0 Å². The minimum atomic E-state index is -3.11. The highest BCUT2D eigenvalue weighted by Gasteiger charge is 2.47. The van der Waals surface area contributed by atoms with Crippen molar-refractivity contribution in [2.24, 2.45) is 0 Å². The summed E-state index contributed by atoms with van der Waals surface area (Å²) in [6.45, 7) is 0.672. The predicted octanol–water partition coefficient (Wildman–Crippen LogP) is 4.27. The van der Waals surface area contributed by atoms with Gasteiger partial charge in [0.05, 0.1) is 24.7 Å². The van der Waals surface area contributed by atoms with E-state index in [2.05, 4.69) is 10.3 Å². The van der Waals surface area contributed by atoms with Crippen LogP contribution in [-0.2, 0) is 4.79 Å². The third-order valence-corrected chi connectivity index (χ3v) is 5.96. The molecule has 1 aliphatic rings. The van der Waals surface area contributed by atoms with Gasteiger partial charge in [-0.05, 0) is 54.0 Å². The van der Waals surface area contributed by atoms with Gasteiger partial charge in [-0.15, -0.1) is 0 Å². The highest BCUT2D eigenvalue weighted by Crippen LogP contribution is 2.32. The van der Waals surface area contributed by atoms with E-state index in [0.29, 0.717) is 16.5 Å². The molecular weight excluding hydrogens is 457 g/mol. The zero-order valence-electron chi connectivity index (χ0n) is 18.9. The summed E-state index contributed by atoms with van der Waals surface area (Å²) in [4.78, 5) is 17.6. The number of nitrogens with zero attached hydrogens (tertiary/aromatic N) is 3. The maximum Gasteiger partial charge on any atom is 0.268 e. The van der Waals surface area contributed by atoms with Gasteiger partial charge >= 0.3 is 0 Å². The molecule has 180 valence electrons. The molecular formula is C26H23F3N4O2. The Hall–Kier alpha value is -3.74. The molecule has 2 heterocycles. The molecule has 1 saturated heterocycles. The average molecular weight is 480 g/mol. The van der Waals surface area contributed by atoms with Crippen molar-refractivity contribution in [3.8, 4) is 6.07 Å². The second-order valence-electron chi connectivity index (χ2n) is 8.52. The number of benzene rings is 2. The maximum atomic E-state index is 13.6. The number of halogens is 3. The first kappa shape index (κ1) is 24.4. The number of fused-ring (bicyclic) bond motifs is 1. The van der Waals surface area contributed by atoms with Gasteiger partial charge in [-0.2, -0.15) is 5.26 Å². The van der Waals surface area contributed by atoms with Crippen molar-refractivity contribution in [3.05, 3.63) is 77.2 Å². The van der Waals surface area contributed by atoms with E-state index in [0.717, 1.165) is 21.6 Å². The van der Waals surface area contributed by atoms with E-state index in [4.69, 9.17) is 5.26 Å². The number of aliphatic hydroxyl groups excluding tert-OH is 1. The van der Waals surface area contributed by atoms with Crippen LogP contribution in [0.15, 0.2) is 54.7 Å². The van der Waals surface area contributed by atoms with Crippen LogP contribution in [0.25, 0.3) is 22.6 Å². The van der Waals surface area contributed by atoms with E-state index >= 15 is 0 Å². The second kappa shape index (κ2) is 9.86. The number of amides is 1. The van der Waals surface area contributed by atoms with Crippen molar-refractivity contribution in [1.82, 2.24) is 15.2 Å². The molecule has 1 aliphatic heterocycles. The largest absolute Gasteiger partial charge is 0.374 e. The molecule has 3 aromatic rings. The number of hydrogen-bond acceptors (Lipinski definition) is 5. The number of likely N-dealkylation sites (tertiary alicyclic amines) is 1. The molecule has 0 spiro atoms. The summed E-state index contributed by atoms with van der Waals surface area (Å²) < 4.78 is 40.5. The van der Waals surface area contributed by atoms with E-state index in [1.807, 2.05) is 25.1 Å². The molecule has 1 amide bonds. The van der Waals surface area contributed by atoms with Crippen LogP contribution in [0.5, 0.6) is 0 Å². The van der Waals surface area contributed by atoms with Crippen LogP contribution < -0.4 is 5.32 Å². The van der Waals surface area contributed by atoms with Crippen LogP contribution >= 0.6 is 0 Å². The molecule has 0 aliphatic carbocycles. The first-order valence-corrected chi connectivity index (χ1v) is 11.0. The van der Waals surface area contributed by atoms with Crippen LogP contribution in [-0.4, -0.2) is 46.0 Å². The summed E-state index contributed by atoms with van der Waals surface area (Å²) in [6.07, 6.45) is 1.48. The van der Waals surface area contributed by atoms with Crippen LogP contribution in [0.3, 0.4) is 0 Å². The number of rotatable bonds is 6. The van der Waals surface area contributed by atoms with Crippen molar-refractivity contribution < 1.29 is 23.1 Å². The van der Waals surface area contributed by atoms with Gasteiger partial charge < -0.3 is 10.0 Å². The lowest BCUT2D eigenvalue weighted by molar-refractivity contribution is -0.132. The van der Waals surface area contributed by atoms with Gasteiger partial charge in [0.1, 0.15) is 18.1 Å². The summed E-state index contributed by atoms with van der Waals surface area (Å²) in [5.74, 6) is -4.11. The zero-order chi connectivity index (χ0) is 25.2. The number of aliphatic hydroxyl groups is 1. The second-order valence-corrected chi connectivity index (χ2v) is 8.52. The fourth-order valence-corrected chi connectivity index (χ4v) is 4.15. The lowest BCUT2D eigenvalue weighted by Gasteiger charge is -2.21. The smallest absolute Gasteiger partial charge is 0.268 e. The molecule has 0 saturated carbocycles. The Bertz CT molecular complexity index is 1320. The van der Waals surface area contributed by atoms with Crippen molar-refractivity contribution in [2.45, 2.75) is 31.5 Å². The topological polar surface area (TPSA) is 89.2 Å². The summed E-state index contributed by atoms with van der Waals surface area (Å²) in [6, 6.07) is 13.8. The van der Waals surface area contributed by atoms with E-state index in [1.165, 1.54) is 18.3 Å². The number of aromatic nitrogens is 1. The molecule has 2 atom stereocenters. The number of pyridine rings is 1. The number of nitrogens with one attached hydrogen (secondary N) is 1. The Morgan fingerprint density at radius 1 is 1.31 bits per heavy atom. The molecule has 9 heteroatoms. The molecule has 1 fully saturated rings. The number of carbonyl (C=O) groups excluding carboxylic acids is 1. The van der Waals surface area contributed by atoms with Gasteiger partial charge in [-0.25, -0.2) is 13.2 Å². The molecule has 6 nitrogen and oxygen atoms in total. The van der Waals surface area contributed by atoms with Crippen molar-refractivity contribution in [3.63, 3.8) is 0 Å². The molecule has 0 bridgehead atoms. The summed E-state index contributed by atoms with van der Waals surface area (Å²) in [7, 11) is 0. The van der Waals surface area contributed by atoms with E-state index in [1.54, 1.807) is 30.3 Å². The molecule has 0 radical (unpaired) electrons. The van der Waals surface area contributed by atoms with Gasteiger partial charge in [0.2, 0.25) is 5.91 Å². The molecule has 2 aromatic carbocycles. The minimum Gasteiger partial charge on any atom is -0.374 e. The molecule has 2 N–H and O–H groups in total. The normalized spacial score (nSPS) is 18.5. The zero-order valence-corrected chi connectivity index (χ0v) is 18.9. The monoisotopic (exact) mass is 480 g/mol. The van der Waals surface area contributed by atoms with E-state index in [9.17, 15) is 23.1 Å². The number of allylic oxidation sites excluding steroid dienone is 1. The molecule has 4 rings (SSSR count). The first-order valence-electron chi connectivity index (χ1n) is 11.0. The summed E-state index contributed by atoms with van der Waals surface area (Å²) in [5, 5.41) is 23.1. The third kappa shape index (κ3) is 5.50. The van der Waals surface area contributed by atoms with E-state index < -0.39 is 43.6 Å². The third-order valence-electron chi connectivity index (χ3n) is 5.96. The Morgan fingerprint density at radius 2 is 2.06 bits per heavy atom. The SMILES string of the molecule is C/C(=C\c1ccc2nccc(C(O)NCC(=O)N3CC(F)(F)C[C@H]3C#N)c2c1)c1ccc(F)cc1. The van der Waals surface area contributed by atoms with Crippen LogP contribution in [0.2, 0.25) is 0 Å². The van der Waals surface area contributed by atoms with Crippen molar-refractivity contribution in [2.75, 3.05) is 13.1 Å². The van der Waals surface area contributed by atoms with Crippen LogP contribution in [0, 0.1) is 17.1 Å². The lowest BCUT2D eigenvalue weighted by Crippen LogP contribution is -2.42. The predicted molar refractivity (Wildman–Crippen MR) is 125 cm³/mol. The highest BCUT2D eigenvalue weighted by molar-refractivity contribution is 5.88. The number of hydrogen-bond donors (Lipinski definition) is 2. The maximum absolute atomic E-state index is 13.6. The molecule has 35 heavy (non-hydrogen) atoms. The molecule has 1 aromatic heterocycles. The Labute approximate surface area is 200 Å². The number of carbonyl (C=O) groups is 1. The van der Waals surface area contributed by atoms with Gasteiger partial charge in [-0.3, -0.25) is 15.1 Å². The minimum absolute atomic E-state index is 0.315. The average Bonchev–Trinajstić information content (AvgIpc) is 3.17. The van der Waals surface area contributed by atoms with Crippen LogP contribution in [0.4, 0.5) is 13.2 Å². The Balaban J connectivity index is 1.53. The Kier molecular flexibility index (Phi) is 6.87. The lowest BCUT2D eigenvalue weighted by atomic mass is 10.0. The number of nitriles is 1. The first-order chi connectivity index (χ1) is 16.7. The standard InChI is InChI=1S/C26H23F3N4O2/c1-16(18-3-5-19(27)6-4-18)10-17-2-7-23-22(11-17)21(8-9-31-23)25(35)32-14-24(34)33-15-26(28,29)12-20(33)13-30/h2-11,20,25,32,35H,12,14-15H2,1H3/b16-10+/t20-,25?/m0/s1. The Morgan fingerprint density at radius 3 is 2.77 bits per heavy atom. The highest BCUT2D eigenvalue weighted by atomic mass is 19.3.